The van der Waals surface area contributed by atoms with Crippen LogP contribution in [0.15, 0.2) is 12.1 Å². The fourth-order valence-electron chi connectivity index (χ4n) is 5.14. The van der Waals surface area contributed by atoms with Crippen molar-refractivity contribution >= 4 is 50.1 Å². The molecule has 3 aromatic heterocycles. The van der Waals surface area contributed by atoms with Crippen LogP contribution in [-0.4, -0.2) is 54.6 Å². The molecule has 2 aliphatic heterocycles. The quantitative estimate of drug-likeness (QED) is 0.417. The van der Waals surface area contributed by atoms with Gasteiger partial charge in [0, 0.05) is 17.6 Å². The highest BCUT2D eigenvalue weighted by Gasteiger charge is 2.48. The summed E-state index contributed by atoms with van der Waals surface area (Å²) in [6.45, 7) is 1.62. The standard InChI is InChI=1S/C21H21ClFN7OS/c1-8-25-12-4-3-10(15(22)19(12)32-8)17-18-20(29-28-17)27-21(13(7-31)26-18)30-9-2-5-14(30)16(23)11(24)6-9/h3-4,9,11,14,16,31H,2,5-7,24H2,1H3,(H,27,28,29)/t9-,11-,14+,16-/m0/s1. The minimum Gasteiger partial charge on any atom is -0.390 e. The molecule has 5 heterocycles. The molecule has 11 heteroatoms. The number of nitrogens with two attached hydrogens (primary N) is 1. The van der Waals surface area contributed by atoms with E-state index in [1.165, 1.54) is 11.3 Å². The molecule has 2 fully saturated rings. The summed E-state index contributed by atoms with van der Waals surface area (Å²) in [4.78, 5) is 15.9. The molecular weight excluding hydrogens is 453 g/mol. The molecule has 4 atom stereocenters. The van der Waals surface area contributed by atoms with Crippen molar-refractivity contribution in [3.63, 3.8) is 0 Å². The number of aliphatic hydroxyl groups excluding tert-OH is 1. The first kappa shape index (κ1) is 20.2. The zero-order valence-corrected chi connectivity index (χ0v) is 18.8. The Morgan fingerprint density at radius 1 is 1.31 bits per heavy atom. The second kappa shape index (κ2) is 7.31. The first-order chi connectivity index (χ1) is 15.5. The van der Waals surface area contributed by atoms with Crippen molar-refractivity contribution in [3.05, 3.63) is 27.9 Å². The molecule has 0 amide bonds. The number of H-pyrrole nitrogens is 1. The largest absolute Gasteiger partial charge is 0.390 e. The number of hydrogen-bond donors (Lipinski definition) is 3. The van der Waals surface area contributed by atoms with E-state index in [-0.39, 0.29) is 18.7 Å². The summed E-state index contributed by atoms with van der Waals surface area (Å²) in [6.07, 6.45) is 0.980. The molecule has 32 heavy (non-hydrogen) atoms. The van der Waals surface area contributed by atoms with Crippen LogP contribution in [0.4, 0.5) is 10.2 Å². The summed E-state index contributed by atoms with van der Waals surface area (Å²) in [5.74, 6) is 0.497. The fourth-order valence-corrected chi connectivity index (χ4v) is 6.36. The van der Waals surface area contributed by atoms with Crippen molar-refractivity contribution < 1.29 is 9.50 Å². The molecule has 0 spiro atoms. The summed E-state index contributed by atoms with van der Waals surface area (Å²) in [5.41, 5.74) is 9.48. The number of alkyl halides is 1. The second-order valence-electron chi connectivity index (χ2n) is 8.48. The van der Waals surface area contributed by atoms with Crippen molar-refractivity contribution in [2.45, 2.75) is 57.1 Å². The number of anilines is 1. The number of aromatic nitrogens is 5. The van der Waals surface area contributed by atoms with Gasteiger partial charge in [0.15, 0.2) is 11.5 Å². The van der Waals surface area contributed by atoms with Gasteiger partial charge in [0.2, 0.25) is 0 Å². The molecule has 0 saturated carbocycles. The lowest BCUT2D eigenvalue weighted by Crippen LogP contribution is -2.56. The molecule has 2 saturated heterocycles. The Morgan fingerprint density at radius 3 is 2.97 bits per heavy atom. The number of rotatable bonds is 3. The van der Waals surface area contributed by atoms with E-state index < -0.39 is 12.2 Å². The van der Waals surface area contributed by atoms with Gasteiger partial charge in [-0.05, 0) is 38.3 Å². The van der Waals surface area contributed by atoms with Crippen LogP contribution in [0.3, 0.4) is 0 Å². The highest BCUT2D eigenvalue weighted by atomic mass is 35.5. The first-order valence-electron chi connectivity index (χ1n) is 10.6. The van der Waals surface area contributed by atoms with E-state index in [0.29, 0.717) is 51.8 Å². The minimum atomic E-state index is -1.14. The summed E-state index contributed by atoms with van der Waals surface area (Å²) >= 11 is 8.23. The van der Waals surface area contributed by atoms with Gasteiger partial charge in [0.1, 0.15) is 23.1 Å². The molecule has 1 aromatic carbocycles. The van der Waals surface area contributed by atoms with Crippen molar-refractivity contribution in [3.8, 4) is 11.3 Å². The maximum Gasteiger partial charge on any atom is 0.177 e. The van der Waals surface area contributed by atoms with Gasteiger partial charge in [-0.3, -0.25) is 5.10 Å². The Labute approximate surface area is 191 Å². The van der Waals surface area contributed by atoms with Gasteiger partial charge in [-0.2, -0.15) is 5.10 Å². The highest BCUT2D eigenvalue weighted by molar-refractivity contribution is 7.19. The van der Waals surface area contributed by atoms with Gasteiger partial charge >= 0.3 is 0 Å². The van der Waals surface area contributed by atoms with E-state index in [9.17, 15) is 9.50 Å². The average Bonchev–Trinajstić information content (AvgIpc) is 3.46. The van der Waals surface area contributed by atoms with Crippen LogP contribution in [-0.2, 0) is 6.61 Å². The number of hydrogen-bond acceptors (Lipinski definition) is 8. The molecular formula is C21H21ClFN7OS. The van der Waals surface area contributed by atoms with E-state index in [4.69, 9.17) is 27.3 Å². The lowest BCUT2D eigenvalue weighted by molar-refractivity contribution is 0.202. The predicted octanol–water partition coefficient (Wildman–Crippen LogP) is 3.49. The number of benzene rings is 1. The number of aryl methyl sites for hydroxylation is 1. The Morgan fingerprint density at radius 2 is 2.16 bits per heavy atom. The average molecular weight is 474 g/mol. The smallest absolute Gasteiger partial charge is 0.177 e. The number of fused-ring (bicyclic) bond motifs is 4. The number of halogens is 2. The van der Waals surface area contributed by atoms with Crippen molar-refractivity contribution in [1.29, 1.82) is 0 Å². The molecule has 6 rings (SSSR count). The van der Waals surface area contributed by atoms with E-state index in [0.717, 1.165) is 21.6 Å². The number of piperidine rings is 1. The zero-order chi connectivity index (χ0) is 22.1. The topological polar surface area (TPSA) is 117 Å². The van der Waals surface area contributed by atoms with Crippen LogP contribution >= 0.6 is 22.9 Å². The lowest BCUT2D eigenvalue weighted by atomic mass is 9.96. The van der Waals surface area contributed by atoms with Crippen molar-refractivity contribution in [2.24, 2.45) is 5.73 Å². The number of aromatic amines is 1. The second-order valence-corrected chi connectivity index (χ2v) is 10.1. The molecule has 4 aromatic rings. The minimum absolute atomic E-state index is 0.0906. The summed E-state index contributed by atoms with van der Waals surface area (Å²) in [6, 6.07) is 3.05. The van der Waals surface area contributed by atoms with Gasteiger partial charge < -0.3 is 15.7 Å². The van der Waals surface area contributed by atoms with Crippen LogP contribution in [0.5, 0.6) is 0 Å². The molecule has 0 radical (unpaired) electrons. The highest BCUT2D eigenvalue weighted by Crippen LogP contribution is 2.42. The zero-order valence-electron chi connectivity index (χ0n) is 17.2. The van der Waals surface area contributed by atoms with E-state index in [2.05, 4.69) is 15.2 Å². The maximum atomic E-state index is 14.8. The number of thiazole rings is 1. The number of nitrogens with one attached hydrogen (secondary N) is 1. The van der Waals surface area contributed by atoms with Crippen molar-refractivity contribution in [1.82, 2.24) is 25.1 Å². The van der Waals surface area contributed by atoms with Crippen molar-refractivity contribution in [2.75, 3.05) is 4.90 Å². The Kier molecular flexibility index (Phi) is 4.62. The van der Waals surface area contributed by atoms with Crippen LogP contribution in [0, 0.1) is 6.92 Å². The SMILES string of the molecule is Cc1nc2ccc(-c3n[nH]c4nc(N5[C@H]6CC[C@@H]5[C@@H](F)[C@@H](N)C6)c(CO)nc34)c(Cl)c2s1. The Balaban J connectivity index is 1.49. The predicted molar refractivity (Wildman–Crippen MR) is 123 cm³/mol. The van der Waals surface area contributed by atoms with Crippen LogP contribution in [0.25, 0.3) is 32.6 Å². The van der Waals surface area contributed by atoms with Crippen LogP contribution < -0.4 is 10.6 Å². The fraction of sp³-hybridized carbons (Fsp3) is 0.429. The molecule has 166 valence electrons. The van der Waals surface area contributed by atoms with Crippen LogP contribution in [0.2, 0.25) is 5.02 Å². The third-order valence-electron chi connectivity index (χ3n) is 6.57. The normalized spacial score (nSPS) is 25.3. The number of aliphatic hydroxyl groups is 1. The third kappa shape index (κ3) is 2.86. The lowest BCUT2D eigenvalue weighted by Gasteiger charge is -2.41. The molecule has 2 aliphatic rings. The van der Waals surface area contributed by atoms with Crippen LogP contribution in [0.1, 0.15) is 30.0 Å². The molecule has 0 unspecified atom stereocenters. The van der Waals surface area contributed by atoms with Gasteiger partial charge in [-0.15, -0.1) is 11.3 Å². The summed E-state index contributed by atoms with van der Waals surface area (Å²) < 4.78 is 15.7. The van der Waals surface area contributed by atoms with Gasteiger partial charge in [0.25, 0.3) is 0 Å². The first-order valence-corrected chi connectivity index (χ1v) is 11.8. The van der Waals surface area contributed by atoms with E-state index in [1.54, 1.807) is 0 Å². The van der Waals surface area contributed by atoms with Gasteiger partial charge in [-0.1, -0.05) is 11.6 Å². The molecule has 0 aliphatic carbocycles. The monoisotopic (exact) mass is 473 g/mol. The molecule has 2 bridgehead atoms. The van der Waals surface area contributed by atoms with E-state index >= 15 is 0 Å². The molecule has 4 N–H and O–H groups in total. The Hall–Kier alpha value is -2.40. The van der Waals surface area contributed by atoms with E-state index in [1.807, 2.05) is 24.0 Å². The maximum absolute atomic E-state index is 14.8. The summed E-state index contributed by atoms with van der Waals surface area (Å²) in [5, 5.41) is 19.0. The third-order valence-corrected chi connectivity index (χ3v) is 8.07. The Bertz CT molecular complexity index is 1360. The van der Waals surface area contributed by atoms with Gasteiger partial charge in [-0.25, -0.2) is 19.3 Å². The number of nitrogens with zero attached hydrogens (tertiary/aromatic N) is 5. The van der Waals surface area contributed by atoms with Gasteiger partial charge in [0.05, 0.1) is 32.9 Å². The molecule has 8 nitrogen and oxygen atoms in total. The summed E-state index contributed by atoms with van der Waals surface area (Å²) in [7, 11) is 0.